The summed E-state index contributed by atoms with van der Waals surface area (Å²) in [5.74, 6) is -0.0214. The van der Waals surface area contributed by atoms with Crippen LogP contribution >= 0.6 is 0 Å². The third kappa shape index (κ3) is 4.77. The summed E-state index contributed by atoms with van der Waals surface area (Å²) in [6.07, 6.45) is 8.33. The van der Waals surface area contributed by atoms with Crippen molar-refractivity contribution in [3.8, 4) is 0 Å². The molecule has 1 aromatic carbocycles. The molecule has 2 aromatic rings. The van der Waals surface area contributed by atoms with Gasteiger partial charge in [-0.25, -0.2) is 17.4 Å². The van der Waals surface area contributed by atoms with Crippen LogP contribution in [0.1, 0.15) is 38.5 Å². The molecule has 0 fully saturated rings. The summed E-state index contributed by atoms with van der Waals surface area (Å²) < 4.78 is 27.2. The number of nitrogens with zero attached hydrogens (tertiary/aromatic N) is 4. The SMILES string of the molecule is CN(C)S(=O)(=O)c1ccc2c(c1)nnn2CCC(=O)NCCC1=CCCCC1. The number of aryl methyl sites for hydroxylation is 1. The Morgan fingerprint density at radius 2 is 2.11 bits per heavy atom. The predicted molar refractivity (Wildman–Crippen MR) is 107 cm³/mol. The number of carbonyl (C=O) groups excluding carboxylic acids is 1. The summed E-state index contributed by atoms with van der Waals surface area (Å²) in [6.45, 7) is 1.05. The van der Waals surface area contributed by atoms with Crippen LogP contribution < -0.4 is 5.32 Å². The summed E-state index contributed by atoms with van der Waals surface area (Å²) in [5, 5.41) is 11.1. The van der Waals surface area contributed by atoms with E-state index in [0.717, 1.165) is 23.6 Å². The topological polar surface area (TPSA) is 97.2 Å². The zero-order valence-electron chi connectivity index (χ0n) is 16.4. The van der Waals surface area contributed by atoms with E-state index in [1.54, 1.807) is 10.7 Å². The molecule has 0 spiro atoms. The average Bonchev–Trinajstić information content (AvgIpc) is 3.09. The number of benzene rings is 1. The van der Waals surface area contributed by atoms with Crippen molar-refractivity contribution in [3.05, 3.63) is 29.8 Å². The number of sulfonamides is 1. The van der Waals surface area contributed by atoms with Crippen molar-refractivity contribution >= 4 is 27.0 Å². The van der Waals surface area contributed by atoms with E-state index in [9.17, 15) is 13.2 Å². The van der Waals surface area contributed by atoms with E-state index in [-0.39, 0.29) is 10.8 Å². The lowest BCUT2D eigenvalue weighted by Crippen LogP contribution is -2.26. The van der Waals surface area contributed by atoms with Gasteiger partial charge in [0.15, 0.2) is 0 Å². The van der Waals surface area contributed by atoms with Crippen molar-refractivity contribution < 1.29 is 13.2 Å². The zero-order valence-corrected chi connectivity index (χ0v) is 17.2. The van der Waals surface area contributed by atoms with Crippen molar-refractivity contribution in [1.82, 2.24) is 24.6 Å². The molecule has 0 bridgehead atoms. The molecule has 1 N–H and O–H groups in total. The molecule has 1 amide bonds. The lowest BCUT2D eigenvalue weighted by molar-refractivity contribution is -0.121. The van der Waals surface area contributed by atoms with Gasteiger partial charge in [-0.15, -0.1) is 5.10 Å². The van der Waals surface area contributed by atoms with Gasteiger partial charge >= 0.3 is 0 Å². The summed E-state index contributed by atoms with van der Waals surface area (Å²) in [7, 11) is -0.545. The first-order chi connectivity index (χ1) is 13.4. The second-order valence-corrected chi connectivity index (χ2v) is 9.36. The fraction of sp³-hybridized carbons (Fsp3) is 0.526. The van der Waals surface area contributed by atoms with Gasteiger partial charge in [-0.2, -0.15) is 0 Å². The van der Waals surface area contributed by atoms with E-state index in [2.05, 4.69) is 21.7 Å². The predicted octanol–water partition coefficient (Wildman–Crippen LogP) is 2.08. The fourth-order valence-electron chi connectivity index (χ4n) is 3.28. The van der Waals surface area contributed by atoms with Crippen molar-refractivity contribution in [2.75, 3.05) is 20.6 Å². The van der Waals surface area contributed by atoms with E-state index in [1.165, 1.54) is 44.6 Å². The Labute approximate surface area is 165 Å². The van der Waals surface area contributed by atoms with Gasteiger partial charge in [-0.3, -0.25) is 4.79 Å². The second-order valence-electron chi connectivity index (χ2n) is 7.21. The Hall–Kier alpha value is -2.26. The van der Waals surface area contributed by atoms with Gasteiger partial charge in [0.05, 0.1) is 17.0 Å². The number of rotatable bonds is 8. The first kappa shape index (κ1) is 20.5. The monoisotopic (exact) mass is 405 g/mol. The Kier molecular flexibility index (Phi) is 6.46. The first-order valence-corrected chi connectivity index (χ1v) is 11.0. The number of amides is 1. The number of aromatic nitrogens is 3. The van der Waals surface area contributed by atoms with E-state index in [0.29, 0.717) is 30.5 Å². The number of carbonyl (C=O) groups is 1. The van der Waals surface area contributed by atoms with Gasteiger partial charge in [0.1, 0.15) is 5.52 Å². The van der Waals surface area contributed by atoms with Gasteiger partial charge in [-0.1, -0.05) is 16.9 Å². The molecule has 0 radical (unpaired) electrons. The number of allylic oxidation sites excluding steroid dienone is 1. The molecule has 0 aliphatic heterocycles. The third-order valence-corrected chi connectivity index (χ3v) is 6.78. The Morgan fingerprint density at radius 3 is 2.82 bits per heavy atom. The lowest BCUT2D eigenvalue weighted by atomic mass is 9.97. The van der Waals surface area contributed by atoms with Crippen LogP contribution in [0.3, 0.4) is 0 Å². The molecule has 1 aliphatic rings. The Morgan fingerprint density at radius 1 is 1.29 bits per heavy atom. The summed E-state index contributed by atoms with van der Waals surface area (Å²) in [5.41, 5.74) is 2.64. The average molecular weight is 406 g/mol. The van der Waals surface area contributed by atoms with E-state index >= 15 is 0 Å². The van der Waals surface area contributed by atoms with Gasteiger partial charge in [0.25, 0.3) is 0 Å². The molecule has 0 saturated heterocycles. The van der Waals surface area contributed by atoms with Crippen molar-refractivity contribution in [3.63, 3.8) is 0 Å². The fourth-order valence-corrected chi connectivity index (χ4v) is 4.20. The van der Waals surface area contributed by atoms with Crippen molar-refractivity contribution in [1.29, 1.82) is 0 Å². The molecule has 0 unspecified atom stereocenters. The molecule has 0 saturated carbocycles. The number of hydrogen-bond acceptors (Lipinski definition) is 5. The standard InChI is InChI=1S/C19H27N5O3S/c1-23(2)28(26,27)16-8-9-18-17(14-16)21-22-24(18)13-11-19(25)20-12-10-15-6-4-3-5-7-15/h6,8-9,14H,3-5,7,10-13H2,1-2H3,(H,20,25). The maximum absolute atomic E-state index is 12.2. The van der Waals surface area contributed by atoms with E-state index < -0.39 is 10.0 Å². The van der Waals surface area contributed by atoms with Crippen LogP contribution in [0, 0.1) is 0 Å². The van der Waals surface area contributed by atoms with Gasteiger partial charge < -0.3 is 5.32 Å². The van der Waals surface area contributed by atoms with Crippen LogP contribution in [0.15, 0.2) is 34.7 Å². The highest BCUT2D eigenvalue weighted by Gasteiger charge is 2.19. The number of hydrogen-bond donors (Lipinski definition) is 1. The molecule has 8 nitrogen and oxygen atoms in total. The highest BCUT2D eigenvalue weighted by molar-refractivity contribution is 7.89. The first-order valence-electron chi connectivity index (χ1n) is 9.58. The van der Waals surface area contributed by atoms with Gasteiger partial charge in [0, 0.05) is 27.1 Å². The Bertz CT molecular complexity index is 979. The quantitative estimate of drug-likeness (QED) is 0.678. The van der Waals surface area contributed by atoms with Crippen LogP contribution in [-0.4, -0.2) is 54.3 Å². The summed E-state index contributed by atoms with van der Waals surface area (Å²) in [4.78, 5) is 12.3. The van der Waals surface area contributed by atoms with Crippen molar-refractivity contribution in [2.45, 2.75) is 50.0 Å². The number of nitrogens with one attached hydrogen (secondary N) is 1. The zero-order chi connectivity index (χ0) is 20.1. The normalized spacial score (nSPS) is 15.0. The van der Waals surface area contributed by atoms with Crippen LogP contribution in [0.25, 0.3) is 11.0 Å². The van der Waals surface area contributed by atoms with Crippen molar-refractivity contribution in [2.24, 2.45) is 0 Å². The summed E-state index contributed by atoms with van der Waals surface area (Å²) >= 11 is 0. The van der Waals surface area contributed by atoms with Crippen LogP contribution in [0.4, 0.5) is 0 Å². The molecule has 9 heteroatoms. The molecular formula is C19H27N5O3S. The third-order valence-electron chi connectivity index (χ3n) is 4.97. The van der Waals surface area contributed by atoms with E-state index in [4.69, 9.17) is 0 Å². The van der Waals surface area contributed by atoms with E-state index in [1.807, 2.05) is 0 Å². The largest absolute Gasteiger partial charge is 0.356 e. The molecule has 0 atom stereocenters. The highest BCUT2D eigenvalue weighted by Crippen LogP contribution is 2.20. The lowest BCUT2D eigenvalue weighted by Gasteiger charge is -2.13. The molecule has 152 valence electrons. The van der Waals surface area contributed by atoms with Crippen LogP contribution in [-0.2, 0) is 21.4 Å². The summed E-state index contributed by atoms with van der Waals surface area (Å²) in [6, 6.07) is 4.72. The van der Waals surface area contributed by atoms with Crippen LogP contribution in [0.2, 0.25) is 0 Å². The number of fused-ring (bicyclic) bond motifs is 1. The smallest absolute Gasteiger partial charge is 0.242 e. The van der Waals surface area contributed by atoms with Crippen LogP contribution in [0.5, 0.6) is 0 Å². The highest BCUT2D eigenvalue weighted by atomic mass is 32.2. The molecule has 28 heavy (non-hydrogen) atoms. The molecular weight excluding hydrogens is 378 g/mol. The minimum atomic E-state index is -3.52. The Balaban J connectivity index is 1.56. The molecule has 1 aromatic heterocycles. The van der Waals surface area contributed by atoms with Gasteiger partial charge in [-0.05, 0) is 50.3 Å². The van der Waals surface area contributed by atoms with Gasteiger partial charge in [0.2, 0.25) is 15.9 Å². The molecule has 1 heterocycles. The molecule has 3 rings (SSSR count). The minimum absolute atomic E-state index is 0.0214. The second kappa shape index (κ2) is 8.83. The maximum atomic E-state index is 12.2. The minimum Gasteiger partial charge on any atom is -0.356 e. The molecule has 1 aliphatic carbocycles. The maximum Gasteiger partial charge on any atom is 0.242 e.